The Morgan fingerprint density at radius 1 is 0.792 bits per heavy atom. The molecule has 2 heterocycles. The zero-order valence-corrected chi connectivity index (χ0v) is 13.7. The summed E-state index contributed by atoms with van der Waals surface area (Å²) >= 11 is 0. The summed E-state index contributed by atoms with van der Waals surface area (Å²) in [5.41, 5.74) is 6.60. The molecule has 0 aliphatic carbocycles. The average Bonchev–Trinajstić information content (AvgIpc) is 3.10. The van der Waals surface area contributed by atoms with E-state index in [0.717, 1.165) is 16.9 Å². The molecule has 0 amide bonds. The van der Waals surface area contributed by atoms with Crippen molar-refractivity contribution >= 4 is 11.3 Å². The Labute approximate surface area is 141 Å². The number of anilines is 1. The van der Waals surface area contributed by atoms with Gasteiger partial charge in [0.1, 0.15) is 0 Å². The predicted octanol–water partition coefficient (Wildman–Crippen LogP) is 4.13. The summed E-state index contributed by atoms with van der Waals surface area (Å²) in [6, 6.07) is 21.0. The zero-order chi connectivity index (χ0) is 16.5. The van der Waals surface area contributed by atoms with E-state index >= 15 is 0 Å². The Kier molecular flexibility index (Phi) is 3.50. The second-order valence-corrected chi connectivity index (χ2v) is 5.96. The van der Waals surface area contributed by atoms with E-state index in [1.54, 1.807) is 6.20 Å². The summed E-state index contributed by atoms with van der Waals surface area (Å²) in [5.74, 6) is 0. The van der Waals surface area contributed by atoms with Crippen LogP contribution in [-0.4, -0.2) is 28.7 Å². The molecule has 0 saturated carbocycles. The maximum atomic E-state index is 4.38. The molecule has 4 nitrogen and oxygen atoms in total. The lowest BCUT2D eigenvalue weighted by Gasteiger charge is -2.14. The van der Waals surface area contributed by atoms with Crippen molar-refractivity contribution in [3.63, 3.8) is 0 Å². The Morgan fingerprint density at radius 3 is 2.38 bits per heavy atom. The predicted molar refractivity (Wildman–Crippen MR) is 98.2 cm³/mol. The van der Waals surface area contributed by atoms with Crippen LogP contribution in [0.5, 0.6) is 0 Å². The first-order chi connectivity index (χ1) is 11.7. The highest BCUT2D eigenvalue weighted by Gasteiger charge is 2.07. The fraction of sp³-hybridized carbons (Fsp3) is 0.100. The monoisotopic (exact) mass is 314 g/mol. The van der Waals surface area contributed by atoms with E-state index in [9.17, 15) is 0 Å². The molecule has 0 unspecified atom stereocenters. The Balaban J connectivity index is 1.82. The Hall–Kier alpha value is -3.14. The quantitative estimate of drug-likeness (QED) is 0.570. The van der Waals surface area contributed by atoms with E-state index in [2.05, 4.69) is 77.6 Å². The molecule has 4 rings (SSSR count). The van der Waals surface area contributed by atoms with E-state index in [0.29, 0.717) is 0 Å². The van der Waals surface area contributed by atoms with Gasteiger partial charge in [0, 0.05) is 37.6 Å². The highest BCUT2D eigenvalue weighted by atomic mass is 15.2. The van der Waals surface area contributed by atoms with Crippen molar-refractivity contribution in [3.8, 4) is 22.4 Å². The summed E-state index contributed by atoms with van der Waals surface area (Å²) in [7, 11) is 4.11. The lowest BCUT2D eigenvalue weighted by atomic mass is 10.0. The van der Waals surface area contributed by atoms with Gasteiger partial charge in [0.25, 0.3) is 0 Å². The molecule has 24 heavy (non-hydrogen) atoms. The van der Waals surface area contributed by atoms with Crippen LogP contribution in [0.15, 0.2) is 73.1 Å². The van der Waals surface area contributed by atoms with Gasteiger partial charge in [-0.1, -0.05) is 30.3 Å². The number of hydrogen-bond acceptors (Lipinski definition) is 3. The Morgan fingerprint density at radius 2 is 1.54 bits per heavy atom. The summed E-state index contributed by atoms with van der Waals surface area (Å²) in [6.45, 7) is 0. The van der Waals surface area contributed by atoms with Gasteiger partial charge in [-0.05, 0) is 35.4 Å². The summed E-state index contributed by atoms with van der Waals surface area (Å²) in [5, 5.41) is 4.38. The molecule has 0 atom stereocenters. The van der Waals surface area contributed by atoms with Crippen LogP contribution in [0.4, 0.5) is 5.69 Å². The molecule has 0 spiro atoms. The van der Waals surface area contributed by atoms with Crippen molar-refractivity contribution < 1.29 is 0 Å². The molecule has 0 bridgehead atoms. The molecular formula is C20H18N4. The molecular weight excluding hydrogens is 296 g/mol. The maximum Gasteiger partial charge on any atom is 0.155 e. The summed E-state index contributed by atoms with van der Waals surface area (Å²) in [4.78, 5) is 6.45. The van der Waals surface area contributed by atoms with Gasteiger partial charge < -0.3 is 4.90 Å². The second-order valence-electron chi connectivity index (χ2n) is 5.96. The molecule has 0 radical (unpaired) electrons. The molecule has 2 aromatic carbocycles. The highest BCUT2D eigenvalue weighted by Crippen LogP contribution is 2.28. The van der Waals surface area contributed by atoms with Crippen LogP contribution in [0.2, 0.25) is 0 Å². The first kappa shape index (κ1) is 14.5. The van der Waals surface area contributed by atoms with Crippen molar-refractivity contribution in [3.05, 3.63) is 73.1 Å². The van der Waals surface area contributed by atoms with E-state index in [4.69, 9.17) is 0 Å². The zero-order valence-electron chi connectivity index (χ0n) is 13.7. The third kappa shape index (κ3) is 2.52. The molecule has 0 saturated heterocycles. The number of rotatable bonds is 3. The minimum absolute atomic E-state index is 0.854. The van der Waals surface area contributed by atoms with Crippen LogP contribution in [0.1, 0.15) is 0 Å². The van der Waals surface area contributed by atoms with Crippen LogP contribution in [0.3, 0.4) is 0 Å². The van der Waals surface area contributed by atoms with Gasteiger partial charge in [0.15, 0.2) is 5.65 Å². The fourth-order valence-electron chi connectivity index (χ4n) is 2.87. The Bertz CT molecular complexity index is 1000. The average molecular weight is 314 g/mol. The standard InChI is InChI=1S/C20H18N4/c1-23(2)18-8-4-6-16(14-18)15-5-3-7-17(13-15)19-9-11-21-20-10-12-22-24(19)20/h3-14H,1-2H3. The normalized spacial score (nSPS) is 10.9. The van der Waals surface area contributed by atoms with Crippen LogP contribution in [-0.2, 0) is 0 Å². The largest absolute Gasteiger partial charge is 0.378 e. The number of nitrogens with zero attached hydrogens (tertiary/aromatic N) is 4. The first-order valence-electron chi connectivity index (χ1n) is 7.89. The second kappa shape index (κ2) is 5.81. The van der Waals surface area contributed by atoms with Crippen LogP contribution < -0.4 is 4.90 Å². The molecule has 4 aromatic rings. The van der Waals surface area contributed by atoms with Crippen molar-refractivity contribution in [2.45, 2.75) is 0 Å². The topological polar surface area (TPSA) is 33.4 Å². The van der Waals surface area contributed by atoms with E-state index in [-0.39, 0.29) is 0 Å². The smallest absolute Gasteiger partial charge is 0.155 e. The summed E-state index contributed by atoms with van der Waals surface area (Å²) in [6.07, 6.45) is 3.60. The molecule has 0 fully saturated rings. The number of fused-ring (bicyclic) bond motifs is 1. The first-order valence-corrected chi connectivity index (χ1v) is 7.89. The van der Waals surface area contributed by atoms with Crippen LogP contribution >= 0.6 is 0 Å². The minimum atomic E-state index is 0.854. The SMILES string of the molecule is CN(C)c1cccc(-c2cccc(-c3ccnc4ccnn34)c2)c1. The number of hydrogen-bond donors (Lipinski definition) is 0. The van der Waals surface area contributed by atoms with E-state index in [1.807, 2.05) is 22.8 Å². The van der Waals surface area contributed by atoms with Gasteiger partial charge in [0.05, 0.1) is 11.9 Å². The molecule has 0 aliphatic heterocycles. The maximum absolute atomic E-state index is 4.38. The van der Waals surface area contributed by atoms with E-state index in [1.165, 1.54) is 16.8 Å². The van der Waals surface area contributed by atoms with Crippen molar-refractivity contribution in [2.75, 3.05) is 19.0 Å². The lowest BCUT2D eigenvalue weighted by molar-refractivity contribution is 0.948. The lowest BCUT2D eigenvalue weighted by Crippen LogP contribution is -2.08. The van der Waals surface area contributed by atoms with Crippen LogP contribution in [0, 0.1) is 0 Å². The van der Waals surface area contributed by atoms with Gasteiger partial charge in [-0.3, -0.25) is 0 Å². The van der Waals surface area contributed by atoms with E-state index < -0.39 is 0 Å². The molecule has 0 aliphatic rings. The minimum Gasteiger partial charge on any atom is -0.378 e. The molecule has 0 N–H and O–H groups in total. The molecule has 4 heteroatoms. The van der Waals surface area contributed by atoms with Crippen LogP contribution in [0.25, 0.3) is 28.0 Å². The van der Waals surface area contributed by atoms with Gasteiger partial charge in [-0.25, -0.2) is 9.50 Å². The third-order valence-corrected chi connectivity index (χ3v) is 4.14. The molecule has 2 aromatic heterocycles. The van der Waals surface area contributed by atoms with Gasteiger partial charge in [0.2, 0.25) is 0 Å². The number of benzene rings is 2. The molecule has 118 valence electrons. The summed E-state index contributed by atoms with van der Waals surface area (Å²) < 4.78 is 1.87. The highest BCUT2D eigenvalue weighted by molar-refractivity contribution is 5.74. The van der Waals surface area contributed by atoms with Gasteiger partial charge in [-0.2, -0.15) is 5.10 Å². The van der Waals surface area contributed by atoms with Crippen molar-refractivity contribution in [1.82, 2.24) is 14.6 Å². The van der Waals surface area contributed by atoms with Crippen molar-refractivity contribution in [1.29, 1.82) is 0 Å². The fourth-order valence-corrected chi connectivity index (χ4v) is 2.87. The van der Waals surface area contributed by atoms with Gasteiger partial charge in [-0.15, -0.1) is 0 Å². The third-order valence-electron chi connectivity index (χ3n) is 4.14. The van der Waals surface area contributed by atoms with Gasteiger partial charge >= 0.3 is 0 Å². The number of aromatic nitrogens is 3. The van der Waals surface area contributed by atoms with Crippen molar-refractivity contribution in [2.24, 2.45) is 0 Å².